The number of amides is 2. The molecule has 1 saturated heterocycles. The molecule has 0 atom stereocenters. The molecule has 0 saturated carbocycles. The first kappa shape index (κ1) is 14.2. The van der Waals surface area contributed by atoms with Crippen molar-refractivity contribution >= 4 is 35.0 Å². The predicted molar refractivity (Wildman–Crippen MR) is 77.6 cm³/mol. The zero-order valence-electron chi connectivity index (χ0n) is 11.0. The molecule has 0 radical (unpaired) electrons. The van der Waals surface area contributed by atoms with Crippen molar-refractivity contribution in [3.8, 4) is 11.3 Å². The maximum atomic E-state index is 11.5. The minimum Gasteiger partial charge on any atom is -0.545 e. The van der Waals surface area contributed by atoms with E-state index in [-0.39, 0.29) is 10.5 Å². The van der Waals surface area contributed by atoms with Crippen molar-refractivity contribution in [3.63, 3.8) is 0 Å². The Morgan fingerprint density at radius 3 is 2.73 bits per heavy atom. The van der Waals surface area contributed by atoms with E-state index in [9.17, 15) is 19.5 Å². The van der Waals surface area contributed by atoms with Gasteiger partial charge in [0.05, 0.1) is 10.9 Å². The molecule has 0 bridgehead atoms. The monoisotopic (exact) mass is 314 g/mol. The highest BCUT2D eigenvalue weighted by molar-refractivity contribution is 8.18. The summed E-state index contributed by atoms with van der Waals surface area (Å²) in [6, 6.07) is 9.43. The van der Waals surface area contributed by atoms with Crippen LogP contribution in [-0.2, 0) is 4.79 Å². The van der Waals surface area contributed by atoms with Crippen molar-refractivity contribution in [2.24, 2.45) is 0 Å². The Bertz CT molecular complexity index is 821. The molecule has 2 heterocycles. The Hall–Kier alpha value is -2.80. The van der Waals surface area contributed by atoms with Crippen molar-refractivity contribution in [3.05, 3.63) is 52.6 Å². The number of imide groups is 1. The fourth-order valence-electron chi connectivity index (χ4n) is 1.94. The standard InChI is InChI=1S/C15H9NO5S/c17-13-12(22-15(20)16-13)7-10-4-5-11(21-10)8-2-1-3-9(6-8)14(18)19/h1-7H,(H,18,19)(H,16,17,20)/p-1/b12-7+. The fourth-order valence-corrected chi connectivity index (χ4v) is 2.60. The van der Waals surface area contributed by atoms with E-state index in [1.807, 2.05) is 0 Å². The summed E-state index contributed by atoms with van der Waals surface area (Å²) in [5, 5.41) is 12.6. The maximum Gasteiger partial charge on any atom is 0.290 e. The first-order valence-corrected chi connectivity index (χ1v) is 7.01. The van der Waals surface area contributed by atoms with Crippen LogP contribution in [0.15, 0.2) is 45.7 Å². The van der Waals surface area contributed by atoms with Gasteiger partial charge in [0, 0.05) is 11.6 Å². The maximum absolute atomic E-state index is 11.5. The highest BCUT2D eigenvalue weighted by atomic mass is 32.2. The number of carbonyl (C=O) groups excluding carboxylic acids is 3. The molecule has 22 heavy (non-hydrogen) atoms. The minimum atomic E-state index is -1.27. The summed E-state index contributed by atoms with van der Waals surface area (Å²) in [5.74, 6) is -0.897. The summed E-state index contributed by atoms with van der Waals surface area (Å²) in [7, 11) is 0. The summed E-state index contributed by atoms with van der Waals surface area (Å²) in [6.45, 7) is 0. The lowest BCUT2D eigenvalue weighted by atomic mass is 10.1. The van der Waals surface area contributed by atoms with Gasteiger partial charge in [0.25, 0.3) is 11.1 Å². The van der Waals surface area contributed by atoms with E-state index in [4.69, 9.17) is 4.42 Å². The number of carboxylic acid groups (broad SMARTS) is 1. The second-order valence-electron chi connectivity index (χ2n) is 4.42. The third kappa shape index (κ3) is 2.79. The van der Waals surface area contributed by atoms with Crippen LogP contribution in [0, 0.1) is 0 Å². The molecule has 0 spiro atoms. The van der Waals surface area contributed by atoms with Crippen LogP contribution in [0.5, 0.6) is 0 Å². The molecule has 110 valence electrons. The van der Waals surface area contributed by atoms with E-state index < -0.39 is 17.1 Å². The van der Waals surface area contributed by atoms with Crippen LogP contribution >= 0.6 is 11.8 Å². The molecule has 1 fully saturated rings. The van der Waals surface area contributed by atoms with Gasteiger partial charge in [0.1, 0.15) is 11.5 Å². The molecule has 7 heteroatoms. The van der Waals surface area contributed by atoms with Crippen LogP contribution in [0.2, 0.25) is 0 Å². The summed E-state index contributed by atoms with van der Waals surface area (Å²) in [5.41, 5.74) is 0.621. The number of furan rings is 1. The quantitative estimate of drug-likeness (QED) is 0.864. The third-order valence-corrected chi connectivity index (χ3v) is 3.74. The summed E-state index contributed by atoms with van der Waals surface area (Å²) in [6.07, 6.45) is 1.46. The van der Waals surface area contributed by atoms with E-state index in [0.717, 1.165) is 11.8 Å². The lowest BCUT2D eigenvalue weighted by Gasteiger charge is -2.03. The van der Waals surface area contributed by atoms with E-state index in [0.29, 0.717) is 17.1 Å². The molecule has 0 aliphatic carbocycles. The molecular formula is C15H8NO5S-. The van der Waals surface area contributed by atoms with Gasteiger partial charge < -0.3 is 14.3 Å². The van der Waals surface area contributed by atoms with E-state index in [1.54, 1.807) is 24.3 Å². The van der Waals surface area contributed by atoms with Crippen molar-refractivity contribution < 1.29 is 23.9 Å². The molecule has 1 aromatic carbocycles. The molecule has 1 aromatic heterocycles. The van der Waals surface area contributed by atoms with Gasteiger partial charge in [0.15, 0.2) is 0 Å². The number of hydrogen-bond donors (Lipinski definition) is 1. The highest BCUT2D eigenvalue weighted by Crippen LogP contribution is 2.28. The van der Waals surface area contributed by atoms with E-state index >= 15 is 0 Å². The summed E-state index contributed by atoms with van der Waals surface area (Å²) in [4.78, 5) is 33.6. The van der Waals surface area contributed by atoms with Crippen LogP contribution in [0.1, 0.15) is 16.1 Å². The van der Waals surface area contributed by atoms with Crippen LogP contribution < -0.4 is 10.4 Å². The number of nitrogens with one attached hydrogen (secondary N) is 1. The average Bonchev–Trinajstić information content (AvgIpc) is 3.06. The molecule has 3 rings (SSSR count). The van der Waals surface area contributed by atoms with Crippen molar-refractivity contribution in [1.29, 1.82) is 0 Å². The Balaban J connectivity index is 1.90. The van der Waals surface area contributed by atoms with Gasteiger partial charge in [-0.25, -0.2) is 0 Å². The second-order valence-corrected chi connectivity index (χ2v) is 5.44. The number of rotatable bonds is 3. The number of hydrogen-bond acceptors (Lipinski definition) is 6. The molecule has 2 amide bonds. The Kier molecular flexibility index (Phi) is 3.56. The third-order valence-electron chi connectivity index (χ3n) is 2.92. The molecule has 1 aliphatic heterocycles. The Morgan fingerprint density at radius 2 is 2.05 bits per heavy atom. The number of benzene rings is 1. The summed E-state index contributed by atoms with van der Waals surface area (Å²) < 4.78 is 5.56. The molecule has 6 nitrogen and oxygen atoms in total. The van der Waals surface area contributed by atoms with Crippen LogP contribution in [0.4, 0.5) is 4.79 Å². The predicted octanol–water partition coefficient (Wildman–Crippen LogP) is 1.63. The topological polar surface area (TPSA) is 99.4 Å². The Labute approximate surface area is 128 Å². The van der Waals surface area contributed by atoms with Gasteiger partial charge in [-0.1, -0.05) is 18.2 Å². The lowest BCUT2D eigenvalue weighted by molar-refractivity contribution is -0.255. The molecule has 0 unspecified atom stereocenters. The first-order valence-electron chi connectivity index (χ1n) is 6.19. The number of aromatic carboxylic acids is 1. The number of carboxylic acids is 1. The molecule has 2 aromatic rings. The van der Waals surface area contributed by atoms with Gasteiger partial charge in [-0.05, 0) is 35.5 Å². The molecule has 1 aliphatic rings. The van der Waals surface area contributed by atoms with Crippen LogP contribution in [-0.4, -0.2) is 17.1 Å². The average molecular weight is 314 g/mol. The Morgan fingerprint density at radius 1 is 1.23 bits per heavy atom. The van der Waals surface area contributed by atoms with Gasteiger partial charge in [-0.2, -0.15) is 0 Å². The van der Waals surface area contributed by atoms with Crippen LogP contribution in [0.3, 0.4) is 0 Å². The summed E-state index contributed by atoms with van der Waals surface area (Å²) >= 11 is 0.795. The first-order chi connectivity index (χ1) is 10.5. The SMILES string of the molecule is O=C1NC(=O)/C(=C\c2ccc(-c3cccc(C(=O)[O-])c3)o2)S1. The fraction of sp³-hybridized carbons (Fsp3) is 0. The van der Waals surface area contributed by atoms with Crippen molar-refractivity contribution in [2.45, 2.75) is 0 Å². The molecule has 1 N–H and O–H groups in total. The van der Waals surface area contributed by atoms with Crippen LogP contribution in [0.25, 0.3) is 17.4 Å². The largest absolute Gasteiger partial charge is 0.545 e. The van der Waals surface area contributed by atoms with Crippen molar-refractivity contribution in [1.82, 2.24) is 5.32 Å². The zero-order chi connectivity index (χ0) is 15.7. The second kappa shape index (κ2) is 5.53. The normalized spacial score (nSPS) is 16.1. The van der Waals surface area contributed by atoms with Gasteiger partial charge in [0.2, 0.25) is 0 Å². The van der Waals surface area contributed by atoms with Gasteiger partial charge in [-0.15, -0.1) is 0 Å². The lowest BCUT2D eigenvalue weighted by Crippen LogP contribution is -2.22. The van der Waals surface area contributed by atoms with E-state index in [1.165, 1.54) is 18.2 Å². The number of thioether (sulfide) groups is 1. The number of carbonyl (C=O) groups is 3. The zero-order valence-corrected chi connectivity index (χ0v) is 11.8. The van der Waals surface area contributed by atoms with Gasteiger partial charge >= 0.3 is 0 Å². The van der Waals surface area contributed by atoms with E-state index in [2.05, 4.69) is 5.32 Å². The molecular weight excluding hydrogens is 306 g/mol. The highest BCUT2D eigenvalue weighted by Gasteiger charge is 2.25. The van der Waals surface area contributed by atoms with Crippen molar-refractivity contribution in [2.75, 3.05) is 0 Å². The minimum absolute atomic E-state index is 0.0464. The van der Waals surface area contributed by atoms with Gasteiger partial charge in [-0.3, -0.25) is 14.9 Å². The smallest absolute Gasteiger partial charge is 0.290 e.